The molecule has 0 N–H and O–H groups in total. The van der Waals surface area contributed by atoms with Crippen LogP contribution in [0.5, 0.6) is 5.75 Å². The maximum Gasteiger partial charge on any atom is 0.196 e. The van der Waals surface area contributed by atoms with E-state index >= 15 is 0 Å². The van der Waals surface area contributed by atoms with Gasteiger partial charge in [-0.05, 0) is 12.5 Å². The molecule has 3 nitrogen and oxygen atoms in total. The minimum atomic E-state index is 0.518. The Bertz CT molecular complexity index is 509. The van der Waals surface area contributed by atoms with Crippen LogP contribution in [0.4, 0.5) is 0 Å². The Morgan fingerprint density at radius 2 is 1.82 bits per heavy atom. The van der Waals surface area contributed by atoms with Crippen molar-refractivity contribution in [2.75, 3.05) is 0 Å². The van der Waals surface area contributed by atoms with Gasteiger partial charge in [-0.2, -0.15) is 4.73 Å². The number of benzene rings is 1. The molecule has 0 saturated heterocycles. The summed E-state index contributed by atoms with van der Waals surface area (Å²) >= 11 is 0. The molecule has 1 aromatic carbocycles. The molecule has 2 aromatic rings. The third-order valence-corrected chi connectivity index (χ3v) is 2.84. The highest BCUT2D eigenvalue weighted by Gasteiger charge is 2.09. The lowest BCUT2D eigenvalue weighted by atomic mass is 10.2. The zero-order valence-electron chi connectivity index (χ0n) is 10.0. The van der Waals surface area contributed by atoms with Gasteiger partial charge < -0.3 is 9.94 Å². The van der Waals surface area contributed by atoms with Crippen molar-refractivity contribution in [1.82, 2.24) is 0 Å². The number of nitrogens with zero attached hydrogens (tertiary/aromatic N) is 1. The molecule has 0 radical (unpaired) electrons. The van der Waals surface area contributed by atoms with E-state index in [4.69, 9.17) is 4.74 Å². The van der Waals surface area contributed by atoms with E-state index in [1.165, 1.54) is 6.20 Å². The molecule has 0 fully saturated rings. The molecule has 0 saturated carbocycles. The zero-order valence-corrected chi connectivity index (χ0v) is 10.0. The minimum absolute atomic E-state index is 0.518. The normalized spacial score (nSPS) is 10.2. The molecule has 0 amide bonds. The minimum Gasteiger partial charge on any atom is -0.618 e. The van der Waals surface area contributed by atoms with Gasteiger partial charge in [-0.25, -0.2) is 0 Å². The molecule has 1 heterocycles. The number of rotatable bonds is 3. The van der Waals surface area contributed by atoms with E-state index in [1.54, 1.807) is 13.0 Å². The molecule has 0 aliphatic carbocycles. The number of ether oxygens (including phenoxy) is 1. The third kappa shape index (κ3) is 2.56. The summed E-state index contributed by atoms with van der Waals surface area (Å²) < 4.78 is 6.56. The molecule has 0 atom stereocenters. The van der Waals surface area contributed by atoms with Crippen LogP contribution in [0, 0.1) is 19.1 Å². The van der Waals surface area contributed by atoms with Gasteiger partial charge in [0, 0.05) is 13.0 Å². The summed E-state index contributed by atoms with van der Waals surface area (Å²) in [6.45, 7) is 4.20. The molecule has 1 aromatic heterocycles. The highest BCUT2D eigenvalue weighted by molar-refractivity contribution is 5.31. The Morgan fingerprint density at radius 3 is 2.53 bits per heavy atom. The van der Waals surface area contributed by atoms with Gasteiger partial charge in [-0.15, -0.1) is 0 Å². The van der Waals surface area contributed by atoms with E-state index < -0.39 is 0 Å². The van der Waals surface area contributed by atoms with Gasteiger partial charge in [0.05, 0.1) is 5.56 Å². The van der Waals surface area contributed by atoms with Crippen molar-refractivity contribution in [3.8, 4) is 5.75 Å². The fourth-order valence-corrected chi connectivity index (χ4v) is 1.61. The first-order valence-electron chi connectivity index (χ1n) is 5.54. The number of pyridine rings is 1. The molecule has 0 unspecified atom stereocenters. The monoisotopic (exact) mass is 229 g/mol. The van der Waals surface area contributed by atoms with Crippen LogP contribution in [0.1, 0.15) is 16.8 Å². The second-order valence-electron chi connectivity index (χ2n) is 3.99. The number of hydrogen-bond acceptors (Lipinski definition) is 2. The van der Waals surface area contributed by atoms with Crippen molar-refractivity contribution in [3.63, 3.8) is 0 Å². The van der Waals surface area contributed by atoms with Gasteiger partial charge in [-0.1, -0.05) is 30.3 Å². The largest absolute Gasteiger partial charge is 0.618 e. The standard InChI is InChI=1S/C14H15NO2/c1-11-12(2)15(16)9-8-14(11)17-10-13-6-4-3-5-7-13/h3-9H,10H2,1-2H3. The van der Waals surface area contributed by atoms with Crippen LogP contribution >= 0.6 is 0 Å². The summed E-state index contributed by atoms with van der Waals surface area (Å²) in [5.74, 6) is 0.762. The van der Waals surface area contributed by atoms with Crippen LogP contribution in [-0.4, -0.2) is 0 Å². The molecule has 88 valence electrons. The predicted octanol–water partition coefficient (Wildman–Crippen LogP) is 2.52. The molecule has 2 rings (SSSR count). The molecule has 3 heteroatoms. The summed E-state index contributed by atoms with van der Waals surface area (Å²) in [5, 5.41) is 11.3. The summed E-state index contributed by atoms with van der Waals surface area (Å²) in [5.41, 5.74) is 2.68. The third-order valence-electron chi connectivity index (χ3n) is 2.84. The average Bonchev–Trinajstić information content (AvgIpc) is 2.36. The Morgan fingerprint density at radius 1 is 1.12 bits per heavy atom. The highest BCUT2D eigenvalue weighted by atomic mass is 16.5. The van der Waals surface area contributed by atoms with Gasteiger partial charge in [0.2, 0.25) is 0 Å². The van der Waals surface area contributed by atoms with Gasteiger partial charge in [0.15, 0.2) is 11.9 Å². The van der Waals surface area contributed by atoms with Crippen molar-refractivity contribution in [2.24, 2.45) is 0 Å². The molecule has 0 aliphatic rings. The lowest BCUT2D eigenvalue weighted by molar-refractivity contribution is -0.612. The van der Waals surface area contributed by atoms with Gasteiger partial charge in [0.1, 0.15) is 12.4 Å². The number of hydrogen-bond donors (Lipinski definition) is 0. The van der Waals surface area contributed by atoms with E-state index in [2.05, 4.69) is 0 Å². The molecule has 0 aliphatic heterocycles. The van der Waals surface area contributed by atoms with Crippen LogP contribution in [0.15, 0.2) is 42.6 Å². The Labute approximate surface area is 101 Å². The predicted molar refractivity (Wildman–Crippen MR) is 65.7 cm³/mol. The molecule has 0 spiro atoms. The highest BCUT2D eigenvalue weighted by Crippen LogP contribution is 2.19. The van der Waals surface area contributed by atoms with E-state index in [1.807, 2.05) is 37.3 Å². The van der Waals surface area contributed by atoms with Gasteiger partial charge in [-0.3, -0.25) is 0 Å². The van der Waals surface area contributed by atoms with Crippen LogP contribution in [0.3, 0.4) is 0 Å². The van der Waals surface area contributed by atoms with Crippen LogP contribution in [0.2, 0.25) is 0 Å². The van der Waals surface area contributed by atoms with E-state index in [9.17, 15) is 5.21 Å². The maximum atomic E-state index is 11.3. The van der Waals surface area contributed by atoms with Crippen LogP contribution in [-0.2, 0) is 6.61 Å². The van der Waals surface area contributed by atoms with Crippen molar-refractivity contribution in [2.45, 2.75) is 20.5 Å². The number of aromatic nitrogens is 1. The smallest absolute Gasteiger partial charge is 0.196 e. The first-order chi connectivity index (χ1) is 8.18. The first-order valence-corrected chi connectivity index (χ1v) is 5.54. The quantitative estimate of drug-likeness (QED) is 0.599. The fourth-order valence-electron chi connectivity index (χ4n) is 1.61. The first kappa shape index (κ1) is 11.5. The lowest BCUT2D eigenvalue weighted by Gasteiger charge is -2.10. The Balaban J connectivity index is 2.13. The van der Waals surface area contributed by atoms with Crippen LogP contribution in [0.25, 0.3) is 0 Å². The van der Waals surface area contributed by atoms with E-state index in [0.29, 0.717) is 12.3 Å². The summed E-state index contributed by atoms with van der Waals surface area (Å²) in [6, 6.07) is 11.7. The molecular formula is C14H15NO2. The zero-order chi connectivity index (χ0) is 12.3. The second-order valence-corrected chi connectivity index (χ2v) is 3.99. The van der Waals surface area contributed by atoms with E-state index in [0.717, 1.165) is 21.6 Å². The average molecular weight is 229 g/mol. The Hall–Kier alpha value is -2.03. The SMILES string of the molecule is Cc1c(OCc2ccccc2)cc[n+]([O-])c1C. The van der Waals surface area contributed by atoms with E-state index in [-0.39, 0.29) is 0 Å². The molecule has 17 heavy (non-hydrogen) atoms. The summed E-state index contributed by atoms with van der Waals surface area (Å²) in [4.78, 5) is 0. The fraction of sp³-hybridized carbons (Fsp3) is 0.214. The lowest BCUT2D eigenvalue weighted by Crippen LogP contribution is -2.30. The summed E-state index contributed by atoms with van der Waals surface area (Å²) in [6.07, 6.45) is 1.47. The van der Waals surface area contributed by atoms with Gasteiger partial charge in [0.25, 0.3) is 0 Å². The Kier molecular flexibility index (Phi) is 3.28. The maximum absolute atomic E-state index is 11.3. The summed E-state index contributed by atoms with van der Waals surface area (Å²) in [7, 11) is 0. The molecule has 0 bridgehead atoms. The topological polar surface area (TPSA) is 36.2 Å². The second kappa shape index (κ2) is 4.87. The van der Waals surface area contributed by atoms with Crippen molar-refractivity contribution >= 4 is 0 Å². The van der Waals surface area contributed by atoms with Crippen molar-refractivity contribution < 1.29 is 9.47 Å². The van der Waals surface area contributed by atoms with Gasteiger partial charge >= 0.3 is 0 Å². The van der Waals surface area contributed by atoms with Crippen molar-refractivity contribution in [1.29, 1.82) is 0 Å². The molecular weight excluding hydrogens is 214 g/mol. The van der Waals surface area contributed by atoms with Crippen LogP contribution < -0.4 is 9.47 Å². The van der Waals surface area contributed by atoms with Crippen molar-refractivity contribution in [3.05, 3.63) is 64.6 Å².